The van der Waals surface area contributed by atoms with E-state index in [0.29, 0.717) is 6.61 Å². The van der Waals surface area contributed by atoms with Gasteiger partial charge in [0.05, 0.1) is 13.2 Å². The van der Waals surface area contributed by atoms with E-state index in [9.17, 15) is 0 Å². The van der Waals surface area contributed by atoms with Crippen LogP contribution in [0.25, 0.3) is 0 Å². The van der Waals surface area contributed by atoms with Crippen LogP contribution in [0.5, 0.6) is 0 Å². The summed E-state index contributed by atoms with van der Waals surface area (Å²) < 4.78 is 9.97. The molecular formula is C11H17NO2. The first-order chi connectivity index (χ1) is 6.86. The molecule has 0 saturated heterocycles. The number of benzene rings is 1. The lowest BCUT2D eigenvalue weighted by Crippen LogP contribution is -2.07. The molecule has 0 aliphatic rings. The first kappa shape index (κ1) is 11.0. The highest BCUT2D eigenvalue weighted by Crippen LogP contribution is 2.09. The Labute approximate surface area is 85.0 Å². The standard InChI is InChI=1S/C11H17NO2/c1-13-8-7-12-11-5-3-10(4-6-11)9-14-2/h3-6,12H,7-9H2,1-2H3. The molecule has 0 saturated carbocycles. The Bertz CT molecular complexity index is 246. The van der Waals surface area contributed by atoms with Crippen LogP contribution in [0, 0.1) is 0 Å². The Morgan fingerprint density at radius 3 is 2.36 bits per heavy atom. The molecule has 3 nitrogen and oxygen atoms in total. The third-order valence-corrected chi connectivity index (χ3v) is 1.90. The van der Waals surface area contributed by atoms with E-state index in [-0.39, 0.29) is 0 Å². The molecule has 0 spiro atoms. The Kier molecular flexibility index (Phi) is 5.04. The molecule has 0 unspecified atom stereocenters. The van der Waals surface area contributed by atoms with Crippen molar-refractivity contribution in [1.82, 2.24) is 0 Å². The van der Waals surface area contributed by atoms with E-state index in [1.54, 1.807) is 14.2 Å². The van der Waals surface area contributed by atoms with Gasteiger partial charge in [0.2, 0.25) is 0 Å². The van der Waals surface area contributed by atoms with Crippen molar-refractivity contribution in [3.05, 3.63) is 29.8 Å². The van der Waals surface area contributed by atoms with Crippen LogP contribution in [0.2, 0.25) is 0 Å². The molecule has 1 aromatic rings. The average molecular weight is 195 g/mol. The van der Waals surface area contributed by atoms with E-state index in [2.05, 4.69) is 17.4 Å². The van der Waals surface area contributed by atoms with E-state index in [1.165, 1.54) is 5.56 Å². The predicted octanol–water partition coefficient (Wildman–Crippen LogP) is 1.89. The second-order valence-electron chi connectivity index (χ2n) is 3.05. The van der Waals surface area contributed by atoms with Gasteiger partial charge in [0.15, 0.2) is 0 Å². The number of rotatable bonds is 6. The van der Waals surface area contributed by atoms with Crippen molar-refractivity contribution >= 4 is 5.69 Å². The van der Waals surface area contributed by atoms with Crippen molar-refractivity contribution in [2.24, 2.45) is 0 Å². The van der Waals surface area contributed by atoms with E-state index >= 15 is 0 Å². The first-order valence-corrected chi connectivity index (χ1v) is 4.67. The van der Waals surface area contributed by atoms with Gasteiger partial charge in [0.1, 0.15) is 0 Å². The smallest absolute Gasteiger partial charge is 0.0713 e. The molecule has 0 aliphatic heterocycles. The summed E-state index contributed by atoms with van der Waals surface area (Å²) in [5.74, 6) is 0. The molecule has 14 heavy (non-hydrogen) atoms. The fraction of sp³-hybridized carbons (Fsp3) is 0.455. The van der Waals surface area contributed by atoms with Crippen LogP contribution in [0.1, 0.15) is 5.56 Å². The van der Waals surface area contributed by atoms with E-state index in [0.717, 1.165) is 18.8 Å². The molecule has 0 radical (unpaired) electrons. The topological polar surface area (TPSA) is 30.5 Å². The molecule has 0 heterocycles. The van der Waals surface area contributed by atoms with E-state index in [4.69, 9.17) is 9.47 Å². The molecule has 1 N–H and O–H groups in total. The highest BCUT2D eigenvalue weighted by molar-refractivity contribution is 5.44. The van der Waals surface area contributed by atoms with Crippen LogP contribution in [-0.4, -0.2) is 27.4 Å². The van der Waals surface area contributed by atoms with Gasteiger partial charge in [0.25, 0.3) is 0 Å². The number of methoxy groups -OCH3 is 2. The van der Waals surface area contributed by atoms with Gasteiger partial charge in [-0.2, -0.15) is 0 Å². The van der Waals surface area contributed by atoms with Gasteiger partial charge in [-0.25, -0.2) is 0 Å². The van der Waals surface area contributed by atoms with Crippen molar-refractivity contribution in [2.75, 3.05) is 32.7 Å². The lowest BCUT2D eigenvalue weighted by Gasteiger charge is -2.06. The van der Waals surface area contributed by atoms with Crippen molar-refractivity contribution in [2.45, 2.75) is 6.61 Å². The third kappa shape index (κ3) is 3.77. The van der Waals surface area contributed by atoms with Gasteiger partial charge < -0.3 is 14.8 Å². The minimum absolute atomic E-state index is 0.665. The maximum absolute atomic E-state index is 5.03. The summed E-state index contributed by atoms with van der Waals surface area (Å²) in [6.07, 6.45) is 0. The third-order valence-electron chi connectivity index (χ3n) is 1.90. The van der Waals surface area contributed by atoms with Crippen LogP contribution in [-0.2, 0) is 16.1 Å². The van der Waals surface area contributed by atoms with Crippen molar-refractivity contribution in [3.63, 3.8) is 0 Å². The van der Waals surface area contributed by atoms with Crippen LogP contribution in [0.3, 0.4) is 0 Å². The highest BCUT2D eigenvalue weighted by atomic mass is 16.5. The lowest BCUT2D eigenvalue weighted by atomic mass is 10.2. The maximum atomic E-state index is 5.03. The maximum Gasteiger partial charge on any atom is 0.0713 e. The number of hydrogen-bond acceptors (Lipinski definition) is 3. The summed E-state index contributed by atoms with van der Waals surface area (Å²) >= 11 is 0. The molecule has 0 atom stereocenters. The summed E-state index contributed by atoms with van der Waals surface area (Å²) in [6.45, 7) is 2.22. The van der Waals surface area contributed by atoms with Gasteiger partial charge in [-0.05, 0) is 17.7 Å². The van der Waals surface area contributed by atoms with Crippen LogP contribution in [0.4, 0.5) is 5.69 Å². The fourth-order valence-electron chi connectivity index (χ4n) is 1.18. The molecular weight excluding hydrogens is 178 g/mol. The van der Waals surface area contributed by atoms with Gasteiger partial charge >= 0.3 is 0 Å². The van der Waals surface area contributed by atoms with E-state index < -0.39 is 0 Å². The lowest BCUT2D eigenvalue weighted by molar-refractivity contribution is 0.185. The van der Waals surface area contributed by atoms with Crippen LogP contribution < -0.4 is 5.32 Å². The zero-order valence-electron chi connectivity index (χ0n) is 8.75. The van der Waals surface area contributed by atoms with Gasteiger partial charge in [0, 0.05) is 26.5 Å². The second-order valence-corrected chi connectivity index (χ2v) is 3.05. The molecule has 1 rings (SSSR count). The monoisotopic (exact) mass is 195 g/mol. The predicted molar refractivity (Wildman–Crippen MR) is 57.5 cm³/mol. The zero-order valence-corrected chi connectivity index (χ0v) is 8.75. The largest absolute Gasteiger partial charge is 0.383 e. The molecule has 0 aromatic heterocycles. The molecule has 0 fully saturated rings. The van der Waals surface area contributed by atoms with Crippen molar-refractivity contribution in [1.29, 1.82) is 0 Å². The summed E-state index contributed by atoms with van der Waals surface area (Å²) in [4.78, 5) is 0. The Hall–Kier alpha value is -1.06. The van der Waals surface area contributed by atoms with Crippen molar-refractivity contribution < 1.29 is 9.47 Å². The second kappa shape index (κ2) is 6.40. The van der Waals surface area contributed by atoms with Crippen LogP contribution >= 0.6 is 0 Å². The summed E-state index contributed by atoms with van der Waals surface area (Å²) in [5, 5.41) is 3.25. The zero-order chi connectivity index (χ0) is 10.2. The summed E-state index contributed by atoms with van der Waals surface area (Å²) in [7, 11) is 3.40. The Morgan fingerprint density at radius 2 is 1.79 bits per heavy atom. The highest BCUT2D eigenvalue weighted by Gasteiger charge is 1.93. The van der Waals surface area contributed by atoms with Crippen LogP contribution in [0.15, 0.2) is 24.3 Å². The Morgan fingerprint density at radius 1 is 1.07 bits per heavy atom. The normalized spacial score (nSPS) is 10.1. The Balaban J connectivity index is 2.38. The number of hydrogen-bond donors (Lipinski definition) is 1. The van der Waals surface area contributed by atoms with Crippen molar-refractivity contribution in [3.8, 4) is 0 Å². The molecule has 78 valence electrons. The first-order valence-electron chi connectivity index (χ1n) is 4.67. The number of ether oxygens (including phenoxy) is 2. The van der Waals surface area contributed by atoms with E-state index in [1.807, 2.05) is 12.1 Å². The van der Waals surface area contributed by atoms with Gasteiger partial charge in [-0.3, -0.25) is 0 Å². The minimum Gasteiger partial charge on any atom is -0.383 e. The van der Waals surface area contributed by atoms with Gasteiger partial charge in [-0.1, -0.05) is 12.1 Å². The summed E-state index contributed by atoms with van der Waals surface area (Å²) in [5.41, 5.74) is 2.30. The number of anilines is 1. The molecule has 0 bridgehead atoms. The molecule has 0 aliphatic carbocycles. The quantitative estimate of drug-likeness (QED) is 0.703. The summed E-state index contributed by atoms with van der Waals surface area (Å²) in [6, 6.07) is 8.20. The average Bonchev–Trinajstić information content (AvgIpc) is 2.21. The molecule has 0 amide bonds. The molecule has 3 heteroatoms. The van der Waals surface area contributed by atoms with Gasteiger partial charge in [-0.15, -0.1) is 0 Å². The fourth-order valence-corrected chi connectivity index (χ4v) is 1.18. The number of nitrogens with one attached hydrogen (secondary N) is 1. The molecule has 1 aromatic carbocycles. The SMILES string of the molecule is COCCNc1ccc(COC)cc1. The minimum atomic E-state index is 0.665.